The summed E-state index contributed by atoms with van der Waals surface area (Å²) < 4.78 is 0. The number of alkyl halides is 1. The second-order valence-electron chi connectivity index (χ2n) is 1.87. The maximum Gasteiger partial charge on any atom is 0.0146 e. The lowest BCUT2D eigenvalue weighted by Crippen LogP contribution is -1.92. The molecule has 1 atom stereocenters. The molecule has 0 aliphatic heterocycles. The van der Waals surface area contributed by atoms with Crippen molar-refractivity contribution >= 4 is 15.9 Å². The van der Waals surface area contributed by atoms with Crippen LogP contribution in [0.5, 0.6) is 0 Å². The molecular weight excluding hydrogens is 164 g/mol. The Morgan fingerprint density at radius 1 is 1.75 bits per heavy atom. The fraction of sp³-hybridized carbons (Fsp3) is 0.714. The normalized spacial score (nSPS) is 13.2. The van der Waals surface area contributed by atoms with E-state index in [9.17, 15) is 0 Å². The summed E-state index contributed by atoms with van der Waals surface area (Å²) in [5, 5.41) is 0. The van der Waals surface area contributed by atoms with Gasteiger partial charge >= 0.3 is 0 Å². The molecule has 0 fully saturated rings. The SMILES string of the molecule is C=CCCC(Br)CC. The van der Waals surface area contributed by atoms with Crippen LogP contribution in [0.15, 0.2) is 12.7 Å². The van der Waals surface area contributed by atoms with Crippen LogP contribution in [0.3, 0.4) is 0 Å². The van der Waals surface area contributed by atoms with E-state index in [1.807, 2.05) is 6.08 Å². The molecule has 0 saturated heterocycles. The van der Waals surface area contributed by atoms with E-state index in [2.05, 4.69) is 29.4 Å². The van der Waals surface area contributed by atoms with E-state index >= 15 is 0 Å². The van der Waals surface area contributed by atoms with Crippen molar-refractivity contribution < 1.29 is 0 Å². The lowest BCUT2D eigenvalue weighted by molar-refractivity contribution is 0.760. The molecule has 0 aromatic heterocycles. The second kappa shape index (κ2) is 5.36. The molecule has 1 heteroatoms. The monoisotopic (exact) mass is 176 g/mol. The Morgan fingerprint density at radius 3 is 2.75 bits per heavy atom. The van der Waals surface area contributed by atoms with Gasteiger partial charge in [0.25, 0.3) is 0 Å². The minimum atomic E-state index is 0.695. The Labute approximate surface area is 60.1 Å². The van der Waals surface area contributed by atoms with Crippen molar-refractivity contribution in [1.82, 2.24) is 0 Å². The standard InChI is InChI=1S/C7H13Br/c1-3-5-6-7(8)4-2/h3,7H,1,4-6H2,2H3. The highest BCUT2D eigenvalue weighted by molar-refractivity contribution is 9.09. The molecule has 0 radical (unpaired) electrons. The lowest BCUT2D eigenvalue weighted by atomic mass is 10.2. The number of hydrogen-bond donors (Lipinski definition) is 0. The first-order chi connectivity index (χ1) is 3.81. The molecule has 0 rings (SSSR count). The molecule has 0 spiro atoms. The van der Waals surface area contributed by atoms with Crippen molar-refractivity contribution in [3.8, 4) is 0 Å². The molecule has 0 aliphatic rings. The predicted molar refractivity (Wildman–Crippen MR) is 42.4 cm³/mol. The van der Waals surface area contributed by atoms with Crippen LogP contribution < -0.4 is 0 Å². The maximum absolute atomic E-state index is 3.65. The third-order valence-electron chi connectivity index (χ3n) is 1.13. The number of hydrogen-bond acceptors (Lipinski definition) is 0. The van der Waals surface area contributed by atoms with Crippen molar-refractivity contribution in [3.05, 3.63) is 12.7 Å². The minimum absolute atomic E-state index is 0.695. The number of rotatable bonds is 4. The van der Waals surface area contributed by atoms with Gasteiger partial charge in [0.2, 0.25) is 0 Å². The van der Waals surface area contributed by atoms with Crippen LogP contribution >= 0.6 is 15.9 Å². The van der Waals surface area contributed by atoms with Gasteiger partial charge in [0.1, 0.15) is 0 Å². The van der Waals surface area contributed by atoms with Gasteiger partial charge in [-0.15, -0.1) is 6.58 Å². The largest absolute Gasteiger partial charge is 0.103 e. The predicted octanol–water partition coefficient (Wildman–Crippen LogP) is 3.13. The zero-order valence-corrected chi connectivity index (χ0v) is 6.95. The molecule has 8 heavy (non-hydrogen) atoms. The second-order valence-corrected chi connectivity index (χ2v) is 3.17. The number of halogens is 1. The topological polar surface area (TPSA) is 0 Å². The fourth-order valence-electron chi connectivity index (χ4n) is 0.503. The van der Waals surface area contributed by atoms with E-state index in [1.54, 1.807) is 0 Å². The van der Waals surface area contributed by atoms with Crippen molar-refractivity contribution in [1.29, 1.82) is 0 Å². The summed E-state index contributed by atoms with van der Waals surface area (Å²) in [7, 11) is 0. The molecule has 0 amide bonds. The summed E-state index contributed by atoms with van der Waals surface area (Å²) in [6.45, 7) is 5.83. The summed E-state index contributed by atoms with van der Waals surface area (Å²) in [5.41, 5.74) is 0. The quantitative estimate of drug-likeness (QED) is 0.457. The highest BCUT2D eigenvalue weighted by atomic mass is 79.9. The minimum Gasteiger partial charge on any atom is -0.103 e. The van der Waals surface area contributed by atoms with Gasteiger partial charge in [-0.2, -0.15) is 0 Å². The zero-order valence-electron chi connectivity index (χ0n) is 5.36. The molecule has 0 nitrogen and oxygen atoms in total. The van der Waals surface area contributed by atoms with E-state index in [4.69, 9.17) is 0 Å². The Morgan fingerprint density at radius 2 is 2.38 bits per heavy atom. The van der Waals surface area contributed by atoms with Crippen molar-refractivity contribution in [2.75, 3.05) is 0 Å². The Hall–Kier alpha value is 0.220. The van der Waals surface area contributed by atoms with E-state index < -0.39 is 0 Å². The van der Waals surface area contributed by atoms with E-state index in [0.717, 1.165) is 6.42 Å². The Balaban J connectivity index is 2.97. The maximum atomic E-state index is 3.65. The van der Waals surface area contributed by atoms with Crippen LogP contribution in [0.25, 0.3) is 0 Å². The van der Waals surface area contributed by atoms with Crippen LogP contribution in [0.4, 0.5) is 0 Å². The first-order valence-electron chi connectivity index (χ1n) is 3.06. The van der Waals surface area contributed by atoms with Gasteiger partial charge in [0, 0.05) is 4.83 Å². The molecular formula is C7H13Br. The van der Waals surface area contributed by atoms with Crippen LogP contribution in [-0.2, 0) is 0 Å². The first kappa shape index (κ1) is 8.22. The molecule has 48 valence electrons. The smallest absolute Gasteiger partial charge is 0.0146 e. The molecule has 0 N–H and O–H groups in total. The van der Waals surface area contributed by atoms with Crippen molar-refractivity contribution in [2.24, 2.45) is 0 Å². The molecule has 0 saturated carbocycles. The van der Waals surface area contributed by atoms with E-state index in [0.29, 0.717) is 4.83 Å². The zero-order chi connectivity index (χ0) is 6.41. The first-order valence-corrected chi connectivity index (χ1v) is 3.97. The van der Waals surface area contributed by atoms with Crippen LogP contribution in [0.1, 0.15) is 26.2 Å². The average molecular weight is 177 g/mol. The van der Waals surface area contributed by atoms with Crippen molar-refractivity contribution in [2.45, 2.75) is 31.0 Å². The summed E-state index contributed by atoms with van der Waals surface area (Å²) in [6, 6.07) is 0. The molecule has 0 aromatic rings. The van der Waals surface area contributed by atoms with Gasteiger partial charge in [0.05, 0.1) is 0 Å². The van der Waals surface area contributed by atoms with Crippen LogP contribution in [0.2, 0.25) is 0 Å². The van der Waals surface area contributed by atoms with Crippen LogP contribution in [-0.4, -0.2) is 4.83 Å². The summed E-state index contributed by atoms with van der Waals surface area (Å²) in [5.74, 6) is 0. The molecule has 1 unspecified atom stereocenters. The van der Waals surface area contributed by atoms with Gasteiger partial charge in [-0.25, -0.2) is 0 Å². The Bertz CT molecular complexity index is 59.4. The van der Waals surface area contributed by atoms with Crippen molar-refractivity contribution in [3.63, 3.8) is 0 Å². The van der Waals surface area contributed by atoms with Gasteiger partial charge in [-0.3, -0.25) is 0 Å². The summed E-state index contributed by atoms with van der Waals surface area (Å²) >= 11 is 3.53. The van der Waals surface area contributed by atoms with Gasteiger partial charge in [0.15, 0.2) is 0 Å². The van der Waals surface area contributed by atoms with Gasteiger partial charge in [-0.05, 0) is 19.3 Å². The molecule has 0 bridgehead atoms. The highest BCUT2D eigenvalue weighted by Crippen LogP contribution is 2.10. The van der Waals surface area contributed by atoms with E-state index in [1.165, 1.54) is 12.8 Å². The third-order valence-corrected chi connectivity index (χ3v) is 2.23. The van der Waals surface area contributed by atoms with E-state index in [-0.39, 0.29) is 0 Å². The summed E-state index contributed by atoms with van der Waals surface area (Å²) in [6.07, 6.45) is 5.53. The highest BCUT2D eigenvalue weighted by Gasteiger charge is 1.95. The molecule has 0 aromatic carbocycles. The van der Waals surface area contributed by atoms with Gasteiger partial charge < -0.3 is 0 Å². The molecule has 0 heterocycles. The average Bonchev–Trinajstić information content (AvgIpc) is 1.83. The Kier molecular flexibility index (Phi) is 5.51. The van der Waals surface area contributed by atoms with Gasteiger partial charge in [-0.1, -0.05) is 28.9 Å². The fourth-order valence-corrected chi connectivity index (χ4v) is 0.767. The molecule has 0 aliphatic carbocycles. The third kappa shape index (κ3) is 4.38. The number of allylic oxidation sites excluding steroid dienone is 1. The summed E-state index contributed by atoms with van der Waals surface area (Å²) in [4.78, 5) is 0.695. The van der Waals surface area contributed by atoms with Crippen LogP contribution in [0, 0.1) is 0 Å². The lowest BCUT2D eigenvalue weighted by Gasteiger charge is -2.01.